The van der Waals surface area contributed by atoms with Crippen LogP contribution in [0.1, 0.15) is 29.6 Å². The van der Waals surface area contributed by atoms with Crippen molar-refractivity contribution in [3.8, 4) is 0 Å². The Hall–Kier alpha value is -3.60. The first-order valence-corrected chi connectivity index (χ1v) is 9.27. The third-order valence-electron chi connectivity index (χ3n) is 4.85. The number of rotatable bonds is 8. The van der Waals surface area contributed by atoms with Crippen LogP contribution in [0.5, 0.6) is 0 Å². The number of amides is 2. The highest BCUT2D eigenvalue weighted by atomic mass is 16.6. The number of ether oxygens (including phenoxy) is 1. The Bertz CT molecular complexity index is 1110. The van der Waals surface area contributed by atoms with Gasteiger partial charge in [-0.25, -0.2) is 4.68 Å². The normalized spacial score (nSPS) is 23.8. The van der Waals surface area contributed by atoms with E-state index in [1.54, 1.807) is 0 Å². The number of aromatic amines is 1. The van der Waals surface area contributed by atoms with Crippen LogP contribution in [0, 0.1) is 0 Å². The minimum absolute atomic E-state index is 0.285. The van der Waals surface area contributed by atoms with Crippen molar-refractivity contribution in [3.63, 3.8) is 0 Å². The van der Waals surface area contributed by atoms with E-state index in [2.05, 4.69) is 20.4 Å². The number of aliphatic hydroxyl groups excluding tert-OH is 3. The van der Waals surface area contributed by atoms with Crippen molar-refractivity contribution in [1.29, 1.82) is 0 Å². The summed E-state index contributed by atoms with van der Waals surface area (Å²) in [6.45, 7) is -0.638. The molecule has 0 saturated carbocycles. The molecule has 5 atom stereocenters. The Kier molecular flexibility index (Phi) is 6.40. The fourth-order valence-electron chi connectivity index (χ4n) is 3.26. The number of aliphatic carboxylic acids is 1. The molecule has 0 aliphatic carbocycles. The molecule has 10 N–H and O–H groups in total. The molecular formula is C16H21N7O9. The first kappa shape index (κ1) is 23.1. The van der Waals surface area contributed by atoms with Crippen LogP contribution in [0.25, 0.3) is 11.0 Å². The third-order valence-corrected chi connectivity index (χ3v) is 4.85. The van der Waals surface area contributed by atoms with Crippen LogP contribution in [0.2, 0.25) is 0 Å². The molecular weight excluding hydrogens is 434 g/mol. The molecule has 32 heavy (non-hydrogen) atoms. The Morgan fingerprint density at radius 3 is 2.53 bits per heavy atom. The predicted molar refractivity (Wildman–Crippen MR) is 103 cm³/mol. The van der Waals surface area contributed by atoms with E-state index in [0.29, 0.717) is 0 Å². The Morgan fingerprint density at radius 2 is 1.97 bits per heavy atom. The van der Waals surface area contributed by atoms with Gasteiger partial charge in [-0.3, -0.25) is 24.2 Å². The Morgan fingerprint density at radius 1 is 1.28 bits per heavy atom. The van der Waals surface area contributed by atoms with E-state index < -0.39 is 72.6 Å². The molecule has 1 aliphatic heterocycles. The molecule has 1 fully saturated rings. The molecule has 0 bridgehead atoms. The molecule has 3 heterocycles. The van der Waals surface area contributed by atoms with Gasteiger partial charge in [-0.05, 0) is 6.42 Å². The molecule has 1 aliphatic rings. The second-order valence-corrected chi connectivity index (χ2v) is 7.03. The number of H-pyrrole nitrogens is 1. The number of carboxylic acids is 1. The molecule has 174 valence electrons. The van der Waals surface area contributed by atoms with Crippen LogP contribution in [0.15, 0.2) is 4.79 Å². The second kappa shape index (κ2) is 8.87. The molecule has 1 unspecified atom stereocenters. The number of nitrogen functional groups attached to an aromatic ring is 1. The highest BCUT2D eigenvalue weighted by Crippen LogP contribution is 2.31. The second-order valence-electron chi connectivity index (χ2n) is 7.03. The quantitative estimate of drug-likeness (QED) is 0.188. The van der Waals surface area contributed by atoms with Crippen LogP contribution < -0.4 is 22.3 Å². The van der Waals surface area contributed by atoms with E-state index >= 15 is 0 Å². The fourth-order valence-corrected chi connectivity index (χ4v) is 3.26. The van der Waals surface area contributed by atoms with Crippen LogP contribution in [0.4, 0.5) is 5.95 Å². The average molecular weight is 455 g/mol. The van der Waals surface area contributed by atoms with Gasteiger partial charge in [0.25, 0.3) is 11.5 Å². The number of primary amides is 1. The molecule has 1 saturated heterocycles. The van der Waals surface area contributed by atoms with Gasteiger partial charge in [-0.2, -0.15) is 10.1 Å². The SMILES string of the molecule is NC(=O)C(CCC(=O)O)NC(=O)c1nn([C@@H]2O[C@H](CO)[C@@H](O)[C@H]2O)c2nc(N)[nH]c(=O)c12. The van der Waals surface area contributed by atoms with Crippen LogP contribution in [-0.4, -0.2) is 88.9 Å². The van der Waals surface area contributed by atoms with Crippen LogP contribution >= 0.6 is 0 Å². The zero-order chi connectivity index (χ0) is 23.7. The molecule has 2 aromatic rings. The molecule has 0 radical (unpaired) electrons. The number of aromatic nitrogens is 4. The Labute approximate surface area is 177 Å². The first-order chi connectivity index (χ1) is 15.0. The summed E-state index contributed by atoms with van der Waals surface area (Å²) in [5.41, 5.74) is 9.06. The lowest BCUT2D eigenvalue weighted by atomic mass is 10.1. The van der Waals surface area contributed by atoms with Gasteiger partial charge in [0, 0.05) is 6.42 Å². The fraction of sp³-hybridized carbons (Fsp3) is 0.500. The number of anilines is 1. The smallest absolute Gasteiger partial charge is 0.303 e. The number of hydrogen-bond acceptors (Lipinski definition) is 11. The molecule has 0 spiro atoms. The monoisotopic (exact) mass is 455 g/mol. The van der Waals surface area contributed by atoms with Gasteiger partial charge in [-0.1, -0.05) is 0 Å². The molecule has 0 aromatic carbocycles. The van der Waals surface area contributed by atoms with Crippen molar-refractivity contribution < 1.29 is 39.5 Å². The summed E-state index contributed by atoms with van der Waals surface area (Å²) in [7, 11) is 0. The third kappa shape index (κ3) is 4.24. The van der Waals surface area contributed by atoms with Gasteiger partial charge in [0.15, 0.2) is 17.6 Å². The molecule has 3 rings (SSSR count). The topological polar surface area (TPSA) is 269 Å². The van der Waals surface area contributed by atoms with Gasteiger partial charge < -0.3 is 41.9 Å². The van der Waals surface area contributed by atoms with E-state index in [0.717, 1.165) is 4.68 Å². The van der Waals surface area contributed by atoms with Gasteiger partial charge in [0.1, 0.15) is 29.7 Å². The van der Waals surface area contributed by atoms with Crippen molar-refractivity contribution >= 4 is 34.8 Å². The summed E-state index contributed by atoms with van der Waals surface area (Å²) < 4.78 is 6.22. The summed E-state index contributed by atoms with van der Waals surface area (Å²) >= 11 is 0. The number of nitrogens with one attached hydrogen (secondary N) is 2. The van der Waals surface area contributed by atoms with Crippen molar-refractivity contribution in [2.24, 2.45) is 5.73 Å². The zero-order valence-electron chi connectivity index (χ0n) is 16.3. The maximum Gasteiger partial charge on any atom is 0.303 e. The zero-order valence-corrected chi connectivity index (χ0v) is 16.3. The molecule has 16 nitrogen and oxygen atoms in total. The van der Waals surface area contributed by atoms with Crippen molar-refractivity contribution in [2.75, 3.05) is 12.3 Å². The highest BCUT2D eigenvalue weighted by molar-refractivity contribution is 6.05. The van der Waals surface area contributed by atoms with E-state index in [4.69, 9.17) is 21.3 Å². The number of hydrogen-bond donors (Lipinski definition) is 8. The standard InChI is InChI=1S/C16H21N7O9/c17-11(29)4(1-2-6(25)26)19-14(31)8-7-12(20-16(18)21-13(7)30)23(22-8)15-10(28)9(27)5(3-24)32-15/h4-5,9-10,15,24,27-28H,1-3H2,(H2,17,29)(H,19,31)(H,25,26)(H3,18,20,21,30)/t4?,5-,9-,10-,15-/m1/s1. The number of carbonyl (C=O) groups is 3. The summed E-state index contributed by atoms with van der Waals surface area (Å²) in [6, 6.07) is -1.38. The molecule has 2 amide bonds. The largest absolute Gasteiger partial charge is 0.481 e. The summed E-state index contributed by atoms with van der Waals surface area (Å²) in [5, 5.41) is 44.2. The number of nitrogens with two attached hydrogens (primary N) is 2. The maximum absolute atomic E-state index is 12.8. The Balaban J connectivity index is 2.04. The summed E-state index contributed by atoms with van der Waals surface area (Å²) in [4.78, 5) is 53.8. The summed E-state index contributed by atoms with van der Waals surface area (Å²) in [5.74, 6) is -3.64. The van der Waals surface area contributed by atoms with Crippen molar-refractivity contribution in [3.05, 3.63) is 16.0 Å². The minimum Gasteiger partial charge on any atom is -0.481 e. The molecule has 2 aromatic heterocycles. The number of aliphatic hydroxyl groups is 3. The maximum atomic E-state index is 12.8. The van der Waals surface area contributed by atoms with Gasteiger partial charge in [0.05, 0.1) is 6.61 Å². The minimum atomic E-state index is -1.61. The highest BCUT2D eigenvalue weighted by Gasteiger charge is 2.45. The average Bonchev–Trinajstić information content (AvgIpc) is 3.22. The van der Waals surface area contributed by atoms with E-state index in [1.807, 2.05) is 0 Å². The number of carbonyl (C=O) groups excluding carboxylic acids is 2. The van der Waals surface area contributed by atoms with Crippen LogP contribution in [-0.2, 0) is 14.3 Å². The van der Waals surface area contributed by atoms with Gasteiger partial charge >= 0.3 is 5.97 Å². The predicted octanol–water partition coefficient (Wildman–Crippen LogP) is -4.24. The number of carboxylic acid groups (broad SMARTS) is 1. The lowest BCUT2D eigenvalue weighted by Gasteiger charge is -2.15. The number of nitrogens with zero attached hydrogens (tertiary/aromatic N) is 3. The van der Waals surface area contributed by atoms with E-state index in [9.17, 15) is 34.5 Å². The molecule has 16 heteroatoms. The number of fused-ring (bicyclic) bond motifs is 1. The van der Waals surface area contributed by atoms with Crippen LogP contribution in [0.3, 0.4) is 0 Å². The van der Waals surface area contributed by atoms with E-state index in [1.165, 1.54) is 0 Å². The van der Waals surface area contributed by atoms with Crippen molar-refractivity contribution in [1.82, 2.24) is 25.1 Å². The summed E-state index contributed by atoms with van der Waals surface area (Å²) in [6.07, 6.45) is -6.52. The van der Waals surface area contributed by atoms with Gasteiger partial charge in [0.2, 0.25) is 11.9 Å². The van der Waals surface area contributed by atoms with E-state index in [-0.39, 0.29) is 23.4 Å². The lowest BCUT2D eigenvalue weighted by molar-refractivity contribution is -0.137. The van der Waals surface area contributed by atoms with Crippen molar-refractivity contribution in [2.45, 2.75) is 43.4 Å². The van der Waals surface area contributed by atoms with Gasteiger partial charge in [-0.15, -0.1) is 0 Å². The lowest BCUT2D eigenvalue weighted by Crippen LogP contribution is -2.45. The first-order valence-electron chi connectivity index (χ1n) is 9.27.